The maximum atomic E-state index is 13.0. The van der Waals surface area contributed by atoms with E-state index < -0.39 is 10.0 Å². The van der Waals surface area contributed by atoms with Gasteiger partial charge in [0.05, 0.1) is 4.90 Å². The zero-order valence-corrected chi connectivity index (χ0v) is 18.0. The number of hydrogen-bond acceptors (Lipinski definition) is 3. The summed E-state index contributed by atoms with van der Waals surface area (Å²) in [6.07, 6.45) is 0. The van der Waals surface area contributed by atoms with Gasteiger partial charge in [0.2, 0.25) is 10.0 Å². The van der Waals surface area contributed by atoms with Crippen molar-refractivity contribution in [2.24, 2.45) is 0 Å². The zero-order chi connectivity index (χ0) is 20.5. The lowest BCUT2D eigenvalue weighted by atomic mass is 9.87. The molecule has 0 heterocycles. The van der Waals surface area contributed by atoms with E-state index in [-0.39, 0.29) is 12.0 Å². The van der Waals surface area contributed by atoms with Gasteiger partial charge in [0, 0.05) is 37.1 Å². The van der Waals surface area contributed by atoms with Gasteiger partial charge in [0.1, 0.15) is 0 Å². The molecule has 3 aromatic rings. The third-order valence-electron chi connectivity index (χ3n) is 4.92. The summed E-state index contributed by atoms with van der Waals surface area (Å²) in [6, 6.07) is 19.2. The Morgan fingerprint density at radius 1 is 0.857 bits per heavy atom. The first kappa shape index (κ1) is 20.4. The minimum atomic E-state index is -3.63. The predicted octanol–water partition coefficient (Wildman–Crippen LogP) is 4.68. The number of rotatable bonds is 5. The summed E-state index contributed by atoms with van der Waals surface area (Å²) in [6.45, 7) is 6.74. The van der Waals surface area contributed by atoms with Gasteiger partial charge in [-0.1, -0.05) is 69.3 Å². The molecule has 0 aliphatic heterocycles. The van der Waals surface area contributed by atoms with Crippen molar-refractivity contribution in [3.8, 4) is 0 Å². The van der Waals surface area contributed by atoms with Crippen LogP contribution in [0, 0.1) is 0 Å². The summed E-state index contributed by atoms with van der Waals surface area (Å²) < 4.78 is 28.8. The molecule has 0 aliphatic rings. The van der Waals surface area contributed by atoms with Gasteiger partial charge < -0.3 is 4.90 Å². The summed E-state index contributed by atoms with van der Waals surface area (Å²) in [5.74, 6) is 0. The number of nitrogens with zero attached hydrogens (tertiary/aromatic N) is 1. The Bertz CT molecular complexity index is 1080. The molecule has 0 radical (unpaired) electrons. The third-order valence-corrected chi connectivity index (χ3v) is 6.38. The lowest BCUT2D eigenvalue weighted by Gasteiger charge is -2.19. The molecule has 5 heteroatoms. The normalized spacial score (nSPS) is 12.3. The van der Waals surface area contributed by atoms with Crippen LogP contribution in [0.4, 0.5) is 5.69 Å². The second kappa shape index (κ2) is 7.57. The molecule has 0 amide bonds. The Kier molecular flexibility index (Phi) is 5.50. The lowest BCUT2D eigenvalue weighted by molar-refractivity contribution is 0.581. The second-order valence-corrected chi connectivity index (χ2v) is 10.0. The van der Waals surface area contributed by atoms with Crippen molar-refractivity contribution >= 4 is 26.5 Å². The number of fused-ring (bicyclic) bond motifs is 1. The lowest BCUT2D eigenvalue weighted by Crippen LogP contribution is -2.23. The first-order chi connectivity index (χ1) is 13.1. The molecule has 4 nitrogen and oxygen atoms in total. The quantitative estimate of drug-likeness (QED) is 0.681. The largest absolute Gasteiger partial charge is 0.377 e. The fourth-order valence-electron chi connectivity index (χ4n) is 3.27. The van der Waals surface area contributed by atoms with Crippen molar-refractivity contribution in [3.63, 3.8) is 0 Å². The molecule has 0 atom stereocenters. The summed E-state index contributed by atoms with van der Waals surface area (Å²) in [7, 11) is 0.273. The SMILES string of the molecule is CN(C)c1cccc2c(S(=O)(=O)NCc3ccc(C(C)(C)C)cc3)cccc12. The number of nitrogens with one attached hydrogen (secondary N) is 1. The van der Waals surface area contributed by atoms with Gasteiger partial charge >= 0.3 is 0 Å². The summed E-state index contributed by atoms with van der Waals surface area (Å²) in [5, 5.41) is 1.65. The van der Waals surface area contributed by atoms with Crippen molar-refractivity contribution in [3.05, 3.63) is 71.8 Å². The van der Waals surface area contributed by atoms with Crippen LogP contribution in [-0.2, 0) is 22.0 Å². The fourth-order valence-corrected chi connectivity index (χ4v) is 4.50. The van der Waals surface area contributed by atoms with Crippen LogP contribution in [0.15, 0.2) is 65.6 Å². The summed E-state index contributed by atoms with van der Waals surface area (Å²) >= 11 is 0. The van der Waals surface area contributed by atoms with Crippen molar-refractivity contribution < 1.29 is 8.42 Å². The average molecular weight is 397 g/mol. The molecule has 0 spiro atoms. The fraction of sp³-hybridized carbons (Fsp3) is 0.304. The minimum Gasteiger partial charge on any atom is -0.377 e. The Morgan fingerprint density at radius 3 is 2.07 bits per heavy atom. The van der Waals surface area contributed by atoms with E-state index in [4.69, 9.17) is 0 Å². The number of hydrogen-bond donors (Lipinski definition) is 1. The maximum Gasteiger partial charge on any atom is 0.241 e. The van der Waals surface area contributed by atoms with Crippen LogP contribution in [0.5, 0.6) is 0 Å². The molecule has 3 aromatic carbocycles. The molecule has 0 fully saturated rings. The highest BCUT2D eigenvalue weighted by Gasteiger charge is 2.19. The molecule has 0 aliphatic carbocycles. The van der Waals surface area contributed by atoms with Crippen molar-refractivity contribution in [1.29, 1.82) is 0 Å². The minimum absolute atomic E-state index is 0.0745. The topological polar surface area (TPSA) is 49.4 Å². The Morgan fingerprint density at radius 2 is 1.46 bits per heavy atom. The smallest absolute Gasteiger partial charge is 0.241 e. The van der Waals surface area contributed by atoms with E-state index in [1.54, 1.807) is 12.1 Å². The van der Waals surface area contributed by atoms with Gasteiger partial charge in [0.15, 0.2) is 0 Å². The standard InChI is InChI=1S/C23H28N2O2S/c1-23(2,3)18-14-12-17(13-15-18)16-24-28(26,27)22-11-7-8-19-20(22)9-6-10-21(19)25(4)5/h6-15,24H,16H2,1-5H3. The molecule has 0 unspecified atom stereocenters. The van der Waals surface area contributed by atoms with E-state index in [1.165, 1.54) is 5.56 Å². The molecule has 28 heavy (non-hydrogen) atoms. The van der Waals surface area contributed by atoms with Crippen LogP contribution in [0.2, 0.25) is 0 Å². The molecular formula is C23H28N2O2S. The second-order valence-electron chi connectivity index (χ2n) is 8.29. The van der Waals surface area contributed by atoms with E-state index >= 15 is 0 Å². The van der Waals surface area contributed by atoms with Crippen LogP contribution >= 0.6 is 0 Å². The van der Waals surface area contributed by atoms with E-state index in [1.807, 2.05) is 55.4 Å². The molecule has 148 valence electrons. The van der Waals surface area contributed by atoms with Crippen molar-refractivity contribution in [2.75, 3.05) is 19.0 Å². The van der Waals surface area contributed by atoms with Gasteiger partial charge in [-0.2, -0.15) is 0 Å². The first-order valence-electron chi connectivity index (χ1n) is 9.38. The third kappa shape index (κ3) is 4.21. The predicted molar refractivity (Wildman–Crippen MR) is 117 cm³/mol. The Balaban J connectivity index is 1.89. The van der Waals surface area contributed by atoms with E-state index in [0.29, 0.717) is 4.90 Å². The van der Waals surface area contributed by atoms with Gasteiger partial charge in [-0.3, -0.25) is 0 Å². The Labute approximate surface area is 168 Å². The van der Waals surface area contributed by atoms with Gasteiger partial charge in [-0.25, -0.2) is 13.1 Å². The van der Waals surface area contributed by atoms with Crippen molar-refractivity contribution in [2.45, 2.75) is 37.6 Å². The highest BCUT2D eigenvalue weighted by atomic mass is 32.2. The van der Waals surface area contributed by atoms with E-state index in [2.05, 4.69) is 37.6 Å². The van der Waals surface area contributed by atoms with Gasteiger partial charge in [-0.05, 0) is 28.7 Å². The number of anilines is 1. The number of sulfonamides is 1. The monoisotopic (exact) mass is 396 g/mol. The molecule has 1 N–H and O–H groups in total. The molecule has 0 saturated heterocycles. The molecule has 0 bridgehead atoms. The molecule has 3 rings (SSSR count). The van der Waals surface area contributed by atoms with E-state index in [0.717, 1.165) is 22.0 Å². The number of benzene rings is 3. The van der Waals surface area contributed by atoms with Crippen LogP contribution in [0.1, 0.15) is 31.9 Å². The van der Waals surface area contributed by atoms with Gasteiger partial charge in [-0.15, -0.1) is 0 Å². The van der Waals surface area contributed by atoms with Crippen molar-refractivity contribution in [1.82, 2.24) is 4.72 Å². The first-order valence-corrected chi connectivity index (χ1v) is 10.9. The Hall–Kier alpha value is -2.37. The molecular weight excluding hydrogens is 368 g/mol. The highest BCUT2D eigenvalue weighted by molar-refractivity contribution is 7.89. The molecule has 0 saturated carbocycles. The van der Waals surface area contributed by atoms with Crippen LogP contribution < -0.4 is 9.62 Å². The highest BCUT2D eigenvalue weighted by Crippen LogP contribution is 2.30. The van der Waals surface area contributed by atoms with Crippen LogP contribution in [0.3, 0.4) is 0 Å². The zero-order valence-electron chi connectivity index (χ0n) is 17.2. The van der Waals surface area contributed by atoms with E-state index in [9.17, 15) is 8.42 Å². The molecule has 0 aromatic heterocycles. The van der Waals surface area contributed by atoms with Gasteiger partial charge in [0.25, 0.3) is 0 Å². The summed E-state index contributed by atoms with van der Waals surface area (Å²) in [4.78, 5) is 2.29. The van der Waals surface area contributed by atoms with Crippen LogP contribution in [-0.4, -0.2) is 22.5 Å². The average Bonchev–Trinajstić information content (AvgIpc) is 2.65. The van der Waals surface area contributed by atoms with Crippen LogP contribution in [0.25, 0.3) is 10.8 Å². The maximum absolute atomic E-state index is 13.0. The summed E-state index contributed by atoms with van der Waals surface area (Å²) in [5.41, 5.74) is 3.23.